The van der Waals surface area contributed by atoms with E-state index in [2.05, 4.69) is 26.1 Å². The molecule has 0 aromatic rings. The van der Waals surface area contributed by atoms with E-state index in [0.29, 0.717) is 25.7 Å². The maximum absolute atomic E-state index is 13.5. The Labute approximate surface area is 343 Å². The second-order valence-electron chi connectivity index (χ2n) is 15.9. The van der Waals surface area contributed by atoms with Crippen LogP contribution in [-0.4, -0.2) is 92.4 Å². The normalized spacial score (nSPS) is 20.9. The first-order valence-electron chi connectivity index (χ1n) is 22.4. The van der Waals surface area contributed by atoms with Gasteiger partial charge in [0.2, 0.25) is 5.91 Å². The minimum atomic E-state index is -5.28. The minimum Gasteiger partial charge on any atom is -0.462 e. The predicted octanol–water partition coefficient (Wildman–Crippen LogP) is 7.83. The average Bonchev–Trinajstić information content (AvgIpc) is 3.15. The first-order chi connectivity index (χ1) is 27.3. The highest BCUT2D eigenvalue weighted by Crippen LogP contribution is 2.42. The largest absolute Gasteiger partial charge is 0.470 e. The topological polar surface area (TPSA) is 218 Å². The molecular weight excluding hydrogens is 757 g/mol. The molecule has 1 fully saturated rings. The van der Waals surface area contributed by atoms with Crippen LogP contribution in [0.2, 0.25) is 0 Å². The van der Waals surface area contributed by atoms with Crippen molar-refractivity contribution in [3.05, 3.63) is 0 Å². The number of phosphoric acid groups is 1. The van der Waals surface area contributed by atoms with Gasteiger partial charge in [-0.15, -0.1) is 0 Å². The first-order valence-corrected chi connectivity index (χ1v) is 23.9. The number of aliphatic hydroxyl groups is 3. The SMILES string of the molecule is CCCCCCCCCCCC(=O)OC(CCCCCCC)CC(=O)O[C@H]1[C@H](OP(=O)(O)O)[C@@H](CO)OC(O)[C@@H]1NC(=O)CC(O)CCCCCCCCCCC. The molecule has 0 bridgehead atoms. The molecule has 0 aromatic carbocycles. The van der Waals surface area contributed by atoms with E-state index in [1.54, 1.807) is 0 Å². The minimum absolute atomic E-state index is 0.207. The van der Waals surface area contributed by atoms with Crippen LogP contribution in [0.15, 0.2) is 0 Å². The van der Waals surface area contributed by atoms with Gasteiger partial charge in [-0.05, 0) is 25.7 Å². The van der Waals surface area contributed by atoms with E-state index in [1.165, 1.54) is 64.2 Å². The summed E-state index contributed by atoms with van der Waals surface area (Å²) in [5, 5.41) is 34.0. The lowest BCUT2D eigenvalue weighted by Crippen LogP contribution is -2.65. The Morgan fingerprint density at radius 1 is 0.667 bits per heavy atom. The smallest absolute Gasteiger partial charge is 0.462 e. The van der Waals surface area contributed by atoms with Crippen LogP contribution < -0.4 is 5.32 Å². The molecule has 3 unspecified atom stereocenters. The summed E-state index contributed by atoms with van der Waals surface area (Å²) in [5.74, 6) is -2.08. The third-order valence-electron chi connectivity index (χ3n) is 10.6. The van der Waals surface area contributed by atoms with Crippen molar-refractivity contribution < 1.29 is 62.8 Å². The van der Waals surface area contributed by atoms with Gasteiger partial charge in [0.1, 0.15) is 24.4 Å². The molecule has 1 aliphatic rings. The predicted molar refractivity (Wildman–Crippen MR) is 219 cm³/mol. The Morgan fingerprint density at radius 3 is 1.63 bits per heavy atom. The van der Waals surface area contributed by atoms with Crippen LogP contribution in [0.3, 0.4) is 0 Å². The molecular formula is C42H80NO13P. The highest BCUT2D eigenvalue weighted by Gasteiger charge is 2.51. The van der Waals surface area contributed by atoms with Gasteiger partial charge < -0.3 is 44.6 Å². The van der Waals surface area contributed by atoms with Crippen molar-refractivity contribution in [1.29, 1.82) is 0 Å². The Morgan fingerprint density at radius 2 is 1.14 bits per heavy atom. The molecule has 1 rings (SSSR count). The number of nitrogens with one attached hydrogen (secondary N) is 1. The maximum Gasteiger partial charge on any atom is 0.470 e. The molecule has 0 aromatic heterocycles. The van der Waals surface area contributed by atoms with Gasteiger partial charge in [-0.25, -0.2) is 4.57 Å². The van der Waals surface area contributed by atoms with Crippen molar-refractivity contribution in [3.8, 4) is 0 Å². The lowest BCUT2D eigenvalue weighted by atomic mass is 9.96. The molecule has 336 valence electrons. The molecule has 14 nitrogen and oxygen atoms in total. The molecule has 7 atom stereocenters. The fourth-order valence-electron chi connectivity index (χ4n) is 7.29. The highest BCUT2D eigenvalue weighted by molar-refractivity contribution is 7.46. The number of carbonyl (C=O) groups excluding carboxylic acids is 3. The van der Waals surface area contributed by atoms with Crippen LogP contribution in [0.5, 0.6) is 0 Å². The van der Waals surface area contributed by atoms with Gasteiger partial charge in [0.05, 0.1) is 25.6 Å². The number of carbonyl (C=O) groups is 3. The third-order valence-corrected chi connectivity index (χ3v) is 11.1. The number of amides is 1. The molecule has 0 radical (unpaired) electrons. The number of hydrogen-bond donors (Lipinski definition) is 6. The van der Waals surface area contributed by atoms with Crippen LogP contribution >= 0.6 is 7.82 Å². The summed E-state index contributed by atoms with van der Waals surface area (Å²) in [6.45, 7) is 5.60. The Kier molecular flexibility index (Phi) is 31.0. The van der Waals surface area contributed by atoms with E-state index in [-0.39, 0.29) is 12.8 Å². The van der Waals surface area contributed by atoms with Gasteiger partial charge in [-0.1, -0.05) is 156 Å². The number of phosphoric ester groups is 1. The number of hydrogen-bond acceptors (Lipinski definition) is 11. The Hall–Kier alpha value is -1.64. The van der Waals surface area contributed by atoms with Crippen LogP contribution in [0.25, 0.3) is 0 Å². The summed E-state index contributed by atoms with van der Waals surface area (Å²) >= 11 is 0. The number of ether oxygens (including phenoxy) is 3. The highest BCUT2D eigenvalue weighted by atomic mass is 31.2. The summed E-state index contributed by atoms with van der Waals surface area (Å²) in [6, 6.07) is -1.58. The van der Waals surface area contributed by atoms with Gasteiger partial charge in [-0.2, -0.15) is 0 Å². The van der Waals surface area contributed by atoms with Gasteiger partial charge >= 0.3 is 19.8 Å². The molecule has 0 spiro atoms. The first kappa shape index (κ1) is 53.4. The molecule has 57 heavy (non-hydrogen) atoms. The van der Waals surface area contributed by atoms with E-state index >= 15 is 0 Å². The zero-order valence-corrected chi connectivity index (χ0v) is 36.4. The van der Waals surface area contributed by atoms with Gasteiger partial charge in [0.25, 0.3) is 0 Å². The van der Waals surface area contributed by atoms with Crippen LogP contribution in [-0.2, 0) is 37.7 Å². The number of aliphatic hydroxyl groups excluding tert-OH is 3. The van der Waals surface area contributed by atoms with E-state index in [0.717, 1.165) is 70.6 Å². The van der Waals surface area contributed by atoms with Crippen molar-refractivity contribution in [2.45, 2.75) is 243 Å². The number of unbranched alkanes of at least 4 members (excludes halogenated alkanes) is 20. The molecule has 0 aliphatic carbocycles. The summed E-state index contributed by atoms with van der Waals surface area (Å²) in [4.78, 5) is 59.0. The van der Waals surface area contributed by atoms with Crippen molar-refractivity contribution in [3.63, 3.8) is 0 Å². The lowest BCUT2D eigenvalue weighted by molar-refractivity contribution is -0.256. The van der Waals surface area contributed by atoms with E-state index in [1.807, 2.05) is 0 Å². The molecule has 6 N–H and O–H groups in total. The van der Waals surface area contributed by atoms with Crippen LogP contribution in [0, 0.1) is 0 Å². The Bertz CT molecular complexity index is 1090. The van der Waals surface area contributed by atoms with Crippen molar-refractivity contribution >= 4 is 25.7 Å². The standard InChI is InChI=1S/C42H80NO13P/c1-4-7-10-13-15-17-19-22-24-27-33(45)30-36(46)43-39-41(40(56-57(50,51)52)35(32-44)54-42(39)49)55-38(48)31-34(28-25-21-12-9-6-3)53-37(47)29-26-23-20-18-16-14-11-8-5-2/h33-35,39-42,44-45,49H,4-32H2,1-3H3,(H,43,46)(H2,50,51,52)/t33?,34?,35-,39-,40-,41-,42?/m1/s1. The molecule has 15 heteroatoms. The molecule has 1 aliphatic heterocycles. The molecule has 1 saturated heterocycles. The summed E-state index contributed by atoms with van der Waals surface area (Å²) in [5.41, 5.74) is 0. The second kappa shape index (κ2) is 33.1. The number of esters is 2. The fraction of sp³-hybridized carbons (Fsp3) is 0.929. The van der Waals surface area contributed by atoms with Crippen molar-refractivity contribution in [1.82, 2.24) is 5.32 Å². The number of rotatable bonds is 36. The third kappa shape index (κ3) is 27.0. The lowest BCUT2D eigenvalue weighted by Gasteiger charge is -2.43. The van der Waals surface area contributed by atoms with Gasteiger partial charge in [-0.3, -0.25) is 18.9 Å². The average molecular weight is 838 g/mol. The van der Waals surface area contributed by atoms with Gasteiger partial charge in [0, 0.05) is 6.42 Å². The van der Waals surface area contributed by atoms with E-state index < -0.39 is 81.5 Å². The van der Waals surface area contributed by atoms with E-state index in [9.17, 15) is 44.1 Å². The van der Waals surface area contributed by atoms with E-state index in [4.69, 9.17) is 18.7 Å². The quantitative estimate of drug-likeness (QED) is 0.0202. The second-order valence-corrected chi connectivity index (χ2v) is 17.1. The zero-order valence-electron chi connectivity index (χ0n) is 35.5. The summed E-state index contributed by atoms with van der Waals surface area (Å²) in [6.07, 6.45) is 15.8. The van der Waals surface area contributed by atoms with Crippen LogP contribution in [0.4, 0.5) is 0 Å². The molecule has 1 heterocycles. The molecule has 1 amide bonds. The van der Waals surface area contributed by atoms with Crippen molar-refractivity contribution in [2.24, 2.45) is 0 Å². The van der Waals surface area contributed by atoms with Crippen LogP contribution in [0.1, 0.15) is 201 Å². The zero-order chi connectivity index (χ0) is 42.3. The molecule has 0 saturated carbocycles. The summed E-state index contributed by atoms with van der Waals surface area (Å²) < 4.78 is 33.8. The van der Waals surface area contributed by atoms with Crippen molar-refractivity contribution in [2.75, 3.05) is 6.61 Å². The fourth-order valence-corrected chi connectivity index (χ4v) is 7.86. The Balaban J connectivity index is 2.94. The summed E-state index contributed by atoms with van der Waals surface area (Å²) in [7, 11) is -5.28. The van der Waals surface area contributed by atoms with Gasteiger partial charge in [0.15, 0.2) is 12.4 Å². The monoisotopic (exact) mass is 838 g/mol. The maximum atomic E-state index is 13.5.